The summed E-state index contributed by atoms with van der Waals surface area (Å²) in [5.41, 5.74) is 15.5. The Hall–Kier alpha value is -7.99. The molecule has 0 aliphatic heterocycles. The van der Waals surface area contributed by atoms with Crippen molar-refractivity contribution in [3.8, 4) is 73.2 Å². The Morgan fingerprint density at radius 1 is 0.328 bits per heavy atom. The van der Waals surface area contributed by atoms with E-state index in [-0.39, 0.29) is 0 Å². The molecule has 12 rings (SSSR count). The van der Waals surface area contributed by atoms with Crippen molar-refractivity contribution in [3.63, 3.8) is 0 Å². The molecule has 3 aromatic heterocycles. The molecule has 64 heavy (non-hydrogen) atoms. The van der Waals surface area contributed by atoms with E-state index in [4.69, 9.17) is 15.0 Å². The van der Waals surface area contributed by atoms with Gasteiger partial charge in [0.2, 0.25) is 0 Å². The first-order valence-corrected chi connectivity index (χ1v) is 22.5. The number of aromatic nitrogens is 4. The largest absolute Gasteiger partial charge is 0.308 e. The summed E-state index contributed by atoms with van der Waals surface area (Å²) < 4.78 is 4.98. The van der Waals surface area contributed by atoms with E-state index in [0.717, 1.165) is 44.5 Å². The predicted molar refractivity (Wildman–Crippen MR) is 269 cm³/mol. The van der Waals surface area contributed by atoms with E-state index in [1.54, 1.807) is 0 Å². The van der Waals surface area contributed by atoms with Crippen LogP contribution in [0.1, 0.15) is 11.1 Å². The molecule has 0 saturated carbocycles. The van der Waals surface area contributed by atoms with Crippen LogP contribution in [0.5, 0.6) is 0 Å². The maximum atomic E-state index is 5.34. The van der Waals surface area contributed by atoms with Crippen molar-refractivity contribution < 1.29 is 0 Å². The Morgan fingerprint density at radius 3 is 1.41 bits per heavy atom. The molecule has 0 bridgehead atoms. The smallest absolute Gasteiger partial charge is 0.166 e. The molecule has 9 aromatic carbocycles. The minimum atomic E-state index is 0.606. The maximum absolute atomic E-state index is 5.34. The fourth-order valence-electron chi connectivity index (χ4n) is 9.34. The number of hydrogen-bond donors (Lipinski definition) is 0. The summed E-state index contributed by atoms with van der Waals surface area (Å²) in [6.45, 7) is 4.38. The lowest BCUT2D eigenvalue weighted by molar-refractivity contribution is 1.06. The number of fused-ring (bicyclic) bond motifs is 6. The summed E-state index contributed by atoms with van der Waals surface area (Å²) in [6.07, 6.45) is 0. The van der Waals surface area contributed by atoms with Gasteiger partial charge in [0.15, 0.2) is 17.5 Å². The standard InChI is InChI=1S/C59H40N4S/c1-37-15-9-11-21-45(37)43-26-30-52-48(35-43)49-36-44(46-22-12-10-16-38(46)2)27-31-53(49)63(52)54-29-25-41(42-28-32-56-50(33-42)47-23-13-14-24-55(47)64-56)34-51(54)59-61-57(39-17-5-3-6-18-39)60-58(62-59)40-19-7-4-8-20-40/h3-36H,1-2H3. The first-order valence-electron chi connectivity index (χ1n) is 21.7. The van der Waals surface area contributed by atoms with Crippen molar-refractivity contribution >= 4 is 53.3 Å². The summed E-state index contributed by atoms with van der Waals surface area (Å²) in [5, 5.41) is 4.90. The van der Waals surface area contributed by atoms with E-state index in [1.807, 2.05) is 47.7 Å². The van der Waals surface area contributed by atoms with Gasteiger partial charge in [-0.05, 0) is 113 Å². The number of aryl methyl sites for hydroxylation is 2. The molecule has 4 nitrogen and oxygen atoms in total. The Kier molecular flexibility index (Phi) is 9.09. The molecule has 0 radical (unpaired) electrons. The highest BCUT2D eigenvalue weighted by Crippen LogP contribution is 2.42. The average molecular weight is 837 g/mol. The lowest BCUT2D eigenvalue weighted by atomic mass is 9.97. The van der Waals surface area contributed by atoms with E-state index in [2.05, 4.69) is 188 Å². The molecule has 3 heterocycles. The summed E-state index contributed by atoms with van der Waals surface area (Å²) >= 11 is 1.84. The summed E-state index contributed by atoms with van der Waals surface area (Å²) in [7, 11) is 0. The molecule has 0 unspecified atom stereocenters. The van der Waals surface area contributed by atoms with Crippen LogP contribution in [0.2, 0.25) is 0 Å². The first kappa shape index (κ1) is 37.7. The second-order valence-corrected chi connectivity index (χ2v) is 17.6. The molecule has 12 aromatic rings. The Morgan fingerprint density at radius 2 is 0.797 bits per heavy atom. The molecule has 0 atom stereocenters. The highest BCUT2D eigenvalue weighted by Gasteiger charge is 2.22. The normalized spacial score (nSPS) is 11.6. The monoisotopic (exact) mass is 836 g/mol. The molecular weight excluding hydrogens is 797 g/mol. The van der Waals surface area contributed by atoms with E-state index in [0.29, 0.717) is 17.5 Å². The Labute approximate surface area is 375 Å². The van der Waals surface area contributed by atoms with E-state index < -0.39 is 0 Å². The van der Waals surface area contributed by atoms with Gasteiger partial charge in [-0.15, -0.1) is 11.3 Å². The van der Waals surface area contributed by atoms with Gasteiger partial charge in [0.1, 0.15) is 0 Å². The zero-order valence-electron chi connectivity index (χ0n) is 35.3. The summed E-state index contributed by atoms with van der Waals surface area (Å²) in [5.74, 6) is 1.86. The van der Waals surface area contributed by atoms with Crippen molar-refractivity contribution in [2.45, 2.75) is 13.8 Å². The summed E-state index contributed by atoms with van der Waals surface area (Å²) in [6, 6.07) is 73.9. The van der Waals surface area contributed by atoms with Crippen molar-refractivity contribution in [2.75, 3.05) is 0 Å². The topological polar surface area (TPSA) is 43.6 Å². The first-order chi connectivity index (χ1) is 31.5. The van der Waals surface area contributed by atoms with Crippen molar-refractivity contribution in [3.05, 3.63) is 217 Å². The summed E-state index contributed by atoms with van der Waals surface area (Å²) in [4.78, 5) is 15.8. The second kappa shape index (κ2) is 15.4. The SMILES string of the molecule is Cc1ccccc1-c1ccc2c(c1)c1cc(-c3ccccc3C)ccc1n2-c1ccc(-c2ccc3sc4ccccc4c3c2)cc1-c1nc(-c2ccccc2)nc(-c2ccccc2)n1. The molecule has 0 spiro atoms. The molecule has 0 N–H and O–H groups in total. The molecule has 0 fully saturated rings. The molecule has 0 aliphatic rings. The third-order valence-electron chi connectivity index (χ3n) is 12.6. The van der Waals surface area contributed by atoms with Gasteiger partial charge in [-0.25, -0.2) is 15.0 Å². The number of thiophene rings is 1. The van der Waals surface area contributed by atoms with E-state index in [9.17, 15) is 0 Å². The molecule has 5 heteroatoms. The fraction of sp³-hybridized carbons (Fsp3) is 0.0339. The van der Waals surface area contributed by atoms with Crippen molar-refractivity contribution in [1.82, 2.24) is 19.5 Å². The van der Waals surface area contributed by atoms with Gasteiger partial charge in [-0.3, -0.25) is 0 Å². The fourth-order valence-corrected chi connectivity index (χ4v) is 10.4. The lowest BCUT2D eigenvalue weighted by Crippen LogP contribution is -2.04. The van der Waals surface area contributed by atoms with Gasteiger partial charge < -0.3 is 4.57 Å². The van der Waals surface area contributed by atoms with Gasteiger partial charge in [0.05, 0.1) is 16.7 Å². The minimum absolute atomic E-state index is 0.606. The van der Waals surface area contributed by atoms with Crippen LogP contribution >= 0.6 is 11.3 Å². The Balaban J connectivity index is 1.15. The number of rotatable bonds is 7. The quantitative estimate of drug-likeness (QED) is 0.161. The van der Waals surface area contributed by atoms with Gasteiger partial charge in [-0.2, -0.15) is 0 Å². The molecule has 0 amide bonds. The lowest BCUT2D eigenvalue weighted by Gasteiger charge is -2.17. The Bertz CT molecular complexity index is 3590. The zero-order chi connectivity index (χ0) is 42.7. The number of nitrogens with zero attached hydrogens (tertiary/aromatic N) is 4. The third-order valence-corrected chi connectivity index (χ3v) is 13.7. The average Bonchev–Trinajstić information content (AvgIpc) is 3.89. The van der Waals surface area contributed by atoms with Crippen LogP contribution in [0.3, 0.4) is 0 Å². The van der Waals surface area contributed by atoms with Crippen LogP contribution < -0.4 is 0 Å². The van der Waals surface area contributed by atoms with Crippen molar-refractivity contribution in [1.29, 1.82) is 0 Å². The maximum Gasteiger partial charge on any atom is 0.166 e. The minimum Gasteiger partial charge on any atom is -0.308 e. The van der Waals surface area contributed by atoms with Crippen LogP contribution in [0.25, 0.3) is 115 Å². The van der Waals surface area contributed by atoms with Crippen LogP contribution in [-0.2, 0) is 0 Å². The van der Waals surface area contributed by atoms with E-state index >= 15 is 0 Å². The third kappa shape index (κ3) is 6.48. The van der Waals surface area contributed by atoms with E-state index in [1.165, 1.54) is 64.3 Å². The van der Waals surface area contributed by atoms with Gasteiger partial charge in [0.25, 0.3) is 0 Å². The zero-order valence-corrected chi connectivity index (χ0v) is 36.1. The highest BCUT2D eigenvalue weighted by molar-refractivity contribution is 7.25. The van der Waals surface area contributed by atoms with Crippen LogP contribution in [-0.4, -0.2) is 19.5 Å². The molecule has 0 aliphatic carbocycles. The second-order valence-electron chi connectivity index (χ2n) is 16.5. The number of benzene rings is 9. The molecule has 302 valence electrons. The molecule has 0 saturated heterocycles. The van der Waals surface area contributed by atoms with Crippen LogP contribution in [0.15, 0.2) is 206 Å². The van der Waals surface area contributed by atoms with Gasteiger partial charge in [0, 0.05) is 47.6 Å². The number of hydrogen-bond acceptors (Lipinski definition) is 4. The van der Waals surface area contributed by atoms with Crippen LogP contribution in [0, 0.1) is 13.8 Å². The van der Waals surface area contributed by atoms with Crippen LogP contribution in [0.4, 0.5) is 0 Å². The highest BCUT2D eigenvalue weighted by atomic mass is 32.1. The van der Waals surface area contributed by atoms with Gasteiger partial charge >= 0.3 is 0 Å². The molecular formula is C59H40N4S. The van der Waals surface area contributed by atoms with Crippen molar-refractivity contribution in [2.24, 2.45) is 0 Å². The predicted octanol–water partition coefficient (Wildman–Crippen LogP) is 16.0. The van der Waals surface area contributed by atoms with Gasteiger partial charge in [-0.1, -0.05) is 152 Å².